The molecule has 0 unspecified atom stereocenters. The molecule has 1 saturated carbocycles. The van der Waals surface area contributed by atoms with Crippen LogP contribution in [0.4, 0.5) is 5.69 Å². The fourth-order valence-electron chi connectivity index (χ4n) is 4.80. The van der Waals surface area contributed by atoms with Gasteiger partial charge in [0.1, 0.15) is 11.4 Å². The molecule has 128 valence electrons. The second kappa shape index (κ2) is 6.37. The van der Waals surface area contributed by atoms with E-state index >= 15 is 0 Å². The van der Waals surface area contributed by atoms with Crippen LogP contribution < -0.4 is 10.5 Å². The molecule has 2 nitrogen and oxygen atoms in total. The molecule has 0 saturated heterocycles. The Hall–Kier alpha value is -1.18. The van der Waals surface area contributed by atoms with Crippen LogP contribution in [0.2, 0.25) is 0 Å². The largest absolute Gasteiger partial charge is 0.487 e. The van der Waals surface area contributed by atoms with E-state index in [1.165, 1.54) is 49.7 Å². The monoisotopic (exact) mass is 315 g/mol. The minimum absolute atomic E-state index is 0.0771. The Bertz CT molecular complexity index is 563. The van der Waals surface area contributed by atoms with Gasteiger partial charge in [-0.1, -0.05) is 33.1 Å². The number of nitrogens with two attached hydrogens (primary N) is 1. The van der Waals surface area contributed by atoms with Crippen LogP contribution in [0.1, 0.15) is 83.3 Å². The van der Waals surface area contributed by atoms with E-state index in [2.05, 4.69) is 39.8 Å². The minimum atomic E-state index is -0.0771. The standard InChI is InChI=1S/C21H33NO/c1-5-6-7-8-15-12-18(22)20-16-11-14(2)9-10-17(16)21(3,4)23-19(20)13-15/h12-14,16-17H,5-11,22H2,1-4H3/t14-,16+,17+/m0/s1. The van der Waals surface area contributed by atoms with Crippen molar-refractivity contribution in [1.29, 1.82) is 0 Å². The molecule has 2 N–H and O–H groups in total. The zero-order valence-electron chi connectivity index (χ0n) is 15.3. The smallest absolute Gasteiger partial charge is 0.125 e. The second-order valence-electron chi connectivity index (χ2n) is 8.39. The summed E-state index contributed by atoms with van der Waals surface area (Å²) in [7, 11) is 0. The molecule has 23 heavy (non-hydrogen) atoms. The van der Waals surface area contributed by atoms with E-state index in [1.807, 2.05) is 0 Å². The van der Waals surface area contributed by atoms with Gasteiger partial charge >= 0.3 is 0 Å². The molecule has 2 heteroatoms. The van der Waals surface area contributed by atoms with E-state index in [-0.39, 0.29) is 5.60 Å². The summed E-state index contributed by atoms with van der Waals surface area (Å²) in [5.74, 6) is 3.03. The van der Waals surface area contributed by atoms with Crippen molar-refractivity contribution in [2.75, 3.05) is 5.73 Å². The molecule has 2 aliphatic rings. The van der Waals surface area contributed by atoms with Crippen LogP contribution in [0.25, 0.3) is 0 Å². The van der Waals surface area contributed by atoms with Crippen LogP contribution in [0.15, 0.2) is 12.1 Å². The van der Waals surface area contributed by atoms with E-state index in [4.69, 9.17) is 10.5 Å². The minimum Gasteiger partial charge on any atom is -0.487 e. The SMILES string of the molecule is CCCCCc1cc(N)c2c(c1)OC(C)(C)[C@@H]1CC[C@H](C)C[C@@H]21. The van der Waals surface area contributed by atoms with Crippen molar-refractivity contribution in [1.82, 2.24) is 0 Å². The maximum absolute atomic E-state index is 6.51. The predicted octanol–water partition coefficient (Wildman–Crippen LogP) is 5.69. The lowest BCUT2D eigenvalue weighted by Crippen LogP contribution is -2.46. The molecule has 3 atom stereocenters. The predicted molar refractivity (Wildman–Crippen MR) is 98.0 cm³/mol. The van der Waals surface area contributed by atoms with Crippen LogP contribution in [0.3, 0.4) is 0 Å². The quantitative estimate of drug-likeness (QED) is 0.572. The van der Waals surface area contributed by atoms with Crippen molar-refractivity contribution < 1.29 is 4.74 Å². The molecule has 0 amide bonds. The number of anilines is 1. The van der Waals surface area contributed by atoms with E-state index in [0.29, 0.717) is 11.8 Å². The number of ether oxygens (including phenoxy) is 1. The number of rotatable bonds is 4. The first-order valence-electron chi connectivity index (χ1n) is 9.53. The van der Waals surface area contributed by atoms with Gasteiger partial charge in [-0.3, -0.25) is 0 Å². The van der Waals surface area contributed by atoms with Gasteiger partial charge in [0.2, 0.25) is 0 Å². The van der Waals surface area contributed by atoms with E-state index in [0.717, 1.165) is 23.8 Å². The molecule has 1 aromatic carbocycles. The van der Waals surface area contributed by atoms with Gasteiger partial charge in [-0.2, -0.15) is 0 Å². The van der Waals surface area contributed by atoms with E-state index < -0.39 is 0 Å². The molecular weight excluding hydrogens is 282 g/mol. The fraction of sp³-hybridized carbons (Fsp3) is 0.714. The van der Waals surface area contributed by atoms with Crippen LogP contribution in [-0.4, -0.2) is 5.60 Å². The summed E-state index contributed by atoms with van der Waals surface area (Å²) in [4.78, 5) is 0. The Balaban J connectivity index is 1.94. The van der Waals surface area contributed by atoms with Gasteiger partial charge in [0.05, 0.1) is 0 Å². The average Bonchev–Trinajstić information content (AvgIpc) is 2.46. The molecule has 0 spiro atoms. The summed E-state index contributed by atoms with van der Waals surface area (Å²) >= 11 is 0. The lowest BCUT2D eigenvalue weighted by Gasteiger charge is -2.49. The summed E-state index contributed by atoms with van der Waals surface area (Å²) in [6.07, 6.45) is 8.72. The molecule has 0 bridgehead atoms. The van der Waals surface area contributed by atoms with Crippen LogP contribution in [0, 0.1) is 11.8 Å². The highest BCUT2D eigenvalue weighted by molar-refractivity contribution is 5.60. The van der Waals surface area contributed by atoms with Crippen molar-refractivity contribution in [3.63, 3.8) is 0 Å². The van der Waals surface area contributed by atoms with Gasteiger partial charge < -0.3 is 10.5 Å². The summed E-state index contributed by atoms with van der Waals surface area (Å²) in [5, 5.41) is 0. The molecular formula is C21H33NO. The fourth-order valence-corrected chi connectivity index (χ4v) is 4.80. The molecule has 3 rings (SSSR count). The Labute approximate surface area is 141 Å². The van der Waals surface area contributed by atoms with E-state index in [9.17, 15) is 0 Å². The van der Waals surface area contributed by atoms with Gasteiger partial charge in [0, 0.05) is 17.2 Å². The molecule has 1 aliphatic heterocycles. The summed E-state index contributed by atoms with van der Waals surface area (Å²) in [6, 6.07) is 4.49. The molecule has 0 radical (unpaired) electrons. The lowest BCUT2D eigenvalue weighted by atomic mass is 9.64. The van der Waals surface area contributed by atoms with Crippen LogP contribution in [-0.2, 0) is 6.42 Å². The first-order chi connectivity index (χ1) is 10.9. The van der Waals surface area contributed by atoms with Gasteiger partial charge in [-0.25, -0.2) is 0 Å². The number of nitrogen functional groups attached to an aromatic ring is 1. The number of benzene rings is 1. The molecule has 1 fully saturated rings. The van der Waals surface area contributed by atoms with E-state index in [1.54, 1.807) is 0 Å². The Kier molecular flexibility index (Phi) is 4.62. The molecule has 1 aromatic rings. The van der Waals surface area contributed by atoms with Crippen molar-refractivity contribution in [2.24, 2.45) is 11.8 Å². The highest BCUT2D eigenvalue weighted by Gasteiger charge is 2.46. The molecule has 0 aromatic heterocycles. The Morgan fingerprint density at radius 1 is 1.22 bits per heavy atom. The number of unbranched alkanes of at least 4 members (excludes halogenated alkanes) is 2. The first kappa shape index (κ1) is 16.7. The van der Waals surface area contributed by atoms with Crippen LogP contribution >= 0.6 is 0 Å². The number of hydrogen-bond donors (Lipinski definition) is 1. The topological polar surface area (TPSA) is 35.2 Å². The van der Waals surface area contributed by atoms with Gasteiger partial charge in [-0.15, -0.1) is 0 Å². The second-order valence-corrected chi connectivity index (χ2v) is 8.39. The first-order valence-corrected chi connectivity index (χ1v) is 9.53. The Morgan fingerprint density at radius 3 is 2.74 bits per heavy atom. The zero-order chi connectivity index (χ0) is 16.6. The molecule has 1 heterocycles. The third-order valence-corrected chi connectivity index (χ3v) is 6.05. The van der Waals surface area contributed by atoms with Crippen molar-refractivity contribution in [3.05, 3.63) is 23.3 Å². The summed E-state index contributed by atoms with van der Waals surface area (Å²) in [6.45, 7) is 9.16. The highest BCUT2D eigenvalue weighted by atomic mass is 16.5. The summed E-state index contributed by atoms with van der Waals surface area (Å²) < 4.78 is 6.47. The van der Waals surface area contributed by atoms with Crippen molar-refractivity contribution in [2.45, 2.75) is 84.2 Å². The lowest BCUT2D eigenvalue weighted by molar-refractivity contribution is -0.0133. The number of aryl methyl sites for hydroxylation is 1. The zero-order valence-corrected chi connectivity index (χ0v) is 15.3. The van der Waals surface area contributed by atoms with Gasteiger partial charge in [-0.05, 0) is 69.1 Å². The highest BCUT2D eigenvalue weighted by Crippen LogP contribution is 2.54. The Morgan fingerprint density at radius 2 is 2.00 bits per heavy atom. The third kappa shape index (κ3) is 3.22. The average molecular weight is 316 g/mol. The van der Waals surface area contributed by atoms with Crippen molar-refractivity contribution in [3.8, 4) is 5.75 Å². The number of hydrogen-bond acceptors (Lipinski definition) is 2. The number of fused-ring (bicyclic) bond motifs is 3. The third-order valence-electron chi connectivity index (χ3n) is 6.05. The maximum atomic E-state index is 6.51. The normalized spacial score (nSPS) is 28.6. The van der Waals surface area contributed by atoms with Gasteiger partial charge in [0.15, 0.2) is 0 Å². The maximum Gasteiger partial charge on any atom is 0.125 e. The van der Waals surface area contributed by atoms with Crippen LogP contribution in [0.5, 0.6) is 5.75 Å². The van der Waals surface area contributed by atoms with Crippen molar-refractivity contribution >= 4 is 5.69 Å². The van der Waals surface area contributed by atoms with Gasteiger partial charge in [0.25, 0.3) is 0 Å². The molecule has 1 aliphatic carbocycles. The summed E-state index contributed by atoms with van der Waals surface area (Å²) in [5.41, 5.74) is 10.0.